The third-order valence-electron chi connectivity index (χ3n) is 4.26. The van der Waals surface area contributed by atoms with Crippen molar-refractivity contribution in [2.24, 2.45) is 0 Å². The summed E-state index contributed by atoms with van der Waals surface area (Å²) in [6.45, 7) is 8.87. The molecule has 0 saturated carbocycles. The van der Waals surface area contributed by atoms with Gasteiger partial charge in [-0.25, -0.2) is 0 Å². The molecule has 0 aromatic rings. The summed E-state index contributed by atoms with van der Waals surface area (Å²) in [5.74, 6) is 0. The smallest absolute Gasteiger partial charge is 0.417 e. The van der Waals surface area contributed by atoms with Gasteiger partial charge in [-0.1, -0.05) is 20.8 Å². The second-order valence-electron chi connectivity index (χ2n) is 5.10. The van der Waals surface area contributed by atoms with E-state index in [2.05, 4.69) is 20.8 Å². The fourth-order valence-corrected chi connectivity index (χ4v) is 6.56. The predicted molar refractivity (Wildman–Crippen MR) is 90.2 cm³/mol. The molecule has 0 aromatic heterocycles. The van der Waals surface area contributed by atoms with Crippen molar-refractivity contribution in [2.45, 2.75) is 51.4 Å². The van der Waals surface area contributed by atoms with Gasteiger partial charge in [-0.3, -0.25) is 0 Å². The Labute approximate surface area is 132 Å². The van der Waals surface area contributed by atoms with Crippen molar-refractivity contribution in [1.29, 1.82) is 0 Å². The van der Waals surface area contributed by atoms with E-state index in [-0.39, 0.29) is 0 Å². The maximum absolute atomic E-state index is 6.18. The molecule has 0 rings (SSSR count). The molecule has 0 aromatic carbocycles. The summed E-state index contributed by atoms with van der Waals surface area (Å²) >= 11 is 0. The lowest BCUT2D eigenvalue weighted by atomic mass is 10.5. The summed E-state index contributed by atoms with van der Waals surface area (Å²) in [5, 5.41) is 0. The Morgan fingerprint density at radius 2 is 1.24 bits per heavy atom. The molecule has 0 atom stereocenters. The molecule has 0 amide bonds. The van der Waals surface area contributed by atoms with E-state index < -0.39 is 17.1 Å². The number of rotatable bonds is 14. The van der Waals surface area contributed by atoms with Crippen LogP contribution >= 0.6 is 0 Å². The minimum absolute atomic E-state index is 0.597. The highest BCUT2D eigenvalue weighted by atomic mass is 28.4. The lowest BCUT2D eigenvalue weighted by Gasteiger charge is -2.28. The van der Waals surface area contributed by atoms with Gasteiger partial charge in [0.2, 0.25) is 0 Å². The van der Waals surface area contributed by atoms with Crippen LogP contribution in [0.1, 0.15) is 27.2 Å². The number of hydrogen-bond donors (Lipinski definition) is 0. The summed E-state index contributed by atoms with van der Waals surface area (Å²) in [4.78, 5) is 0. The second-order valence-corrected chi connectivity index (χ2v) is 13.0. The molecule has 0 spiro atoms. The van der Waals surface area contributed by atoms with Gasteiger partial charge in [0.25, 0.3) is 0 Å². The molecular formula is C14H34O5Si2. The Morgan fingerprint density at radius 1 is 0.714 bits per heavy atom. The van der Waals surface area contributed by atoms with Crippen LogP contribution in [0.4, 0.5) is 0 Å². The molecule has 21 heavy (non-hydrogen) atoms. The van der Waals surface area contributed by atoms with Gasteiger partial charge in [-0.2, -0.15) is 0 Å². The summed E-state index contributed by atoms with van der Waals surface area (Å²) in [6.07, 6.45) is 0.941. The van der Waals surface area contributed by atoms with Gasteiger partial charge in [0.15, 0.2) is 8.32 Å². The molecule has 5 nitrogen and oxygen atoms in total. The van der Waals surface area contributed by atoms with Gasteiger partial charge in [0, 0.05) is 40.6 Å². The SMILES string of the molecule is CC[Si](CC)(CC)OCCCOCC[Si](OC)(OC)OC. The van der Waals surface area contributed by atoms with Crippen LogP contribution < -0.4 is 0 Å². The molecule has 0 N–H and O–H groups in total. The minimum Gasteiger partial charge on any atom is -0.417 e. The topological polar surface area (TPSA) is 46.2 Å². The molecule has 0 bridgehead atoms. The van der Waals surface area contributed by atoms with Gasteiger partial charge in [0.1, 0.15) is 0 Å². The standard InChI is InChI=1S/C14H34O5Si2/c1-7-20(8-2,9-3)19-12-10-11-18-13-14-21(15-4,16-5)17-6/h7-14H2,1-6H3. The Kier molecular flexibility index (Phi) is 11.9. The highest BCUT2D eigenvalue weighted by Crippen LogP contribution is 2.21. The molecule has 0 fully saturated rings. The van der Waals surface area contributed by atoms with Crippen molar-refractivity contribution in [1.82, 2.24) is 0 Å². The molecule has 0 aliphatic rings. The highest BCUT2D eigenvalue weighted by Gasteiger charge is 2.37. The van der Waals surface area contributed by atoms with E-state index in [0.29, 0.717) is 19.3 Å². The van der Waals surface area contributed by atoms with Crippen LogP contribution in [0.2, 0.25) is 24.2 Å². The van der Waals surface area contributed by atoms with Crippen LogP contribution in [-0.4, -0.2) is 58.3 Å². The average Bonchev–Trinajstić information content (AvgIpc) is 2.55. The van der Waals surface area contributed by atoms with Gasteiger partial charge in [0.05, 0.1) is 6.61 Å². The minimum atomic E-state index is -2.48. The zero-order chi connectivity index (χ0) is 16.2. The van der Waals surface area contributed by atoms with Crippen molar-refractivity contribution >= 4 is 17.1 Å². The van der Waals surface area contributed by atoms with E-state index in [1.54, 1.807) is 21.3 Å². The first-order valence-corrected chi connectivity index (χ1v) is 12.4. The summed E-state index contributed by atoms with van der Waals surface area (Å²) in [7, 11) is 0.943. The molecule has 0 aliphatic heterocycles. The van der Waals surface area contributed by atoms with Gasteiger partial charge < -0.3 is 22.4 Å². The summed E-state index contributed by atoms with van der Waals surface area (Å²) in [6, 6.07) is 4.27. The van der Waals surface area contributed by atoms with E-state index >= 15 is 0 Å². The largest absolute Gasteiger partial charge is 0.502 e. The fraction of sp³-hybridized carbons (Fsp3) is 1.00. The first kappa shape index (κ1) is 21.2. The van der Waals surface area contributed by atoms with Crippen LogP contribution in [0.25, 0.3) is 0 Å². The quantitative estimate of drug-likeness (QED) is 0.359. The monoisotopic (exact) mass is 338 g/mol. The van der Waals surface area contributed by atoms with Crippen molar-refractivity contribution in [2.75, 3.05) is 41.2 Å². The van der Waals surface area contributed by atoms with Crippen molar-refractivity contribution in [3.8, 4) is 0 Å². The lowest BCUT2D eigenvalue weighted by molar-refractivity contribution is 0.0902. The van der Waals surface area contributed by atoms with Crippen LogP contribution in [0.15, 0.2) is 0 Å². The van der Waals surface area contributed by atoms with E-state index in [9.17, 15) is 0 Å². The van der Waals surface area contributed by atoms with Crippen molar-refractivity contribution in [3.63, 3.8) is 0 Å². The Bertz CT molecular complexity index is 205. The van der Waals surface area contributed by atoms with Crippen LogP contribution in [0.3, 0.4) is 0 Å². The third kappa shape index (κ3) is 7.36. The third-order valence-corrected chi connectivity index (χ3v) is 11.6. The average molecular weight is 339 g/mol. The van der Waals surface area contributed by atoms with E-state index in [1.165, 1.54) is 18.1 Å². The molecule has 0 aliphatic carbocycles. The van der Waals surface area contributed by atoms with Crippen molar-refractivity contribution < 1.29 is 22.4 Å². The van der Waals surface area contributed by atoms with E-state index in [4.69, 9.17) is 22.4 Å². The Balaban J connectivity index is 3.78. The van der Waals surface area contributed by atoms with Gasteiger partial charge in [-0.05, 0) is 24.6 Å². The van der Waals surface area contributed by atoms with Crippen LogP contribution in [-0.2, 0) is 22.4 Å². The molecule has 0 radical (unpaired) electrons. The highest BCUT2D eigenvalue weighted by molar-refractivity contribution is 6.73. The van der Waals surface area contributed by atoms with Crippen LogP contribution in [0.5, 0.6) is 0 Å². The van der Waals surface area contributed by atoms with Crippen molar-refractivity contribution in [3.05, 3.63) is 0 Å². The summed E-state index contributed by atoms with van der Waals surface area (Å²) < 4.78 is 27.9. The lowest BCUT2D eigenvalue weighted by Crippen LogP contribution is -2.43. The van der Waals surface area contributed by atoms with Crippen LogP contribution in [0, 0.1) is 0 Å². The molecule has 0 saturated heterocycles. The maximum Gasteiger partial charge on any atom is 0.502 e. The first-order valence-electron chi connectivity index (χ1n) is 7.94. The van der Waals surface area contributed by atoms with Gasteiger partial charge >= 0.3 is 8.80 Å². The summed E-state index contributed by atoms with van der Waals surface area (Å²) in [5.41, 5.74) is 0. The van der Waals surface area contributed by atoms with E-state index in [1.807, 2.05) is 0 Å². The predicted octanol–water partition coefficient (Wildman–Crippen LogP) is 3.29. The number of ether oxygens (including phenoxy) is 1. The first-order chi connectivity index (χ1) is 10.1. The Morgan fingerprint density at radius 3 is 1.67 bits per heavy atom. The molecular weight excluding hydrogens is 304 g/mol. The maximum atomic E-state index is 6.18. The number of hydrogen-bond acceptors (Lipinski definition) is 5. The van der Waals surface area contributed by atoms with Gasteiger partial charge in [-0.15, -0.1) is 0 Å². The fourth-order valence-electron chi connectivity index (χ4n) is 2.36. The molecule has 0 heterocycles. The Hall–Kier alpha value is 0.234. The molecule has 0 unspecified atom stereocenters. The normalized spacial score (nSPS) is 12.9. The molecule has 7 heteroatoms. The molecule has 128 valence electrons. The zero-order valence-electron chi connectivity index (χ0n) is 14.7. The zero-order valence-corrected chi connectivity index (χ0v) is 16.7. The van der Waals surface area contributed by atoms with E-state index in [0.717, 1.165) is 13.0 Å². The second kappa shape index (κ2) is 11.8.